The van der Waals surface area contributed by atoms with Crippen LogP contribution < -0.4 is 5.32 Å². The second kappa shape index (κ2) is 6.38. The highest BCUT2D eigenvalue weighted by atomic mass is 32.1. The van der Waals surface area contributed by atoms with Gasteiger partial charge in [0.1, 0.15) is 11.5 Å². The van der Waals surface area contributed by atoms with Gasteiger partial charge in [-0.05, 0) is 31.2 Å². The Morgan fingerprint density at radius 1 is 1.15 bits per heavy atom. The maximum absolute atomic E-state index is 13.4. The summed E-state index contributed by atoms with van der Waals surface area (Å²) in [7, 11) is 1.75. The quantitative estimate of drug-likeness (QED) is 0.555. The normalized spacial score (nSPS) is 11.0. The van der Waals surface area contributed by atoms with Crippen LogP contribution in [0.15, 0.2) is 53.9 Å². The number of anilines is 1. The highest BCUT2D eigenvalue weighted by Gasteiger charge is 2.15. The van der Waals surface area contributed by atoms with Crippen molar-refractivity contribution in [1.29, 1.82) is 0 Å². The van der Waals surface area contributed by atoms with Crippen LogP contribution >= 0.6 is 11.3 Å². The van der Waals surface area contributed by atoms with Gasteiger partial charge in [0.2, 0.25) is 0 Å². The highest BCUT2D eigenvalue weighted by Crippen LogP contribution is 2.26. The zero-order chi connectivity index (χ0) is 18.3. The Balaban J connectivity index is 1.59. The molecule has 0 bridgehead atoms. The highest BCUT2D eigenvalue weighted by molar-refractivity contribution is 7.14. The van der Waals surface area contributed by atoms with Gasteiger partial charge in [-0.25, -0.2) is 9.37 Å². The van der Waals surface area contributed by atoms with Gasteiger partial charge in [-0.15, -0.1) is 11.3 Å². The summed E-state index contributed by atoms with van der Waals surface area (Å²) in [6.07, 6.45) is 0. The van der Waals surface area contributed by atoms with E-state index in [1.165, 1.54) is 29.0 Å². The summed E-state index contributed by atoms with van der Waals surface area (Å²) >= 11 is 1.37. The largest absolute Gasteiger partial charge is 0.340 e. The molecule has 0 aliphatic rings. The van der Waals surface area contributed by atoms with E-state index >= 15 is 0 Å². The topological polar surface area (TPSA) is 46.9 Å². The fourth-order valence-electron chi connectivity index (χ4n) is 2.87. The number of carbonyl (C=O) groups is 1. The van der Waals surface area contributed by atoms with Crippen molar-refractivity contribution < 1.29 is 9.18 Å². The van der Waals surface area contributed by atoms with Crippen LogP contribution in [0.5, 0.6) is 0 Å². The predicted molar refractivity (Wildman–Crippen MR) is 103 cm³/mol. The van der Waals surface area contributed by atoms with E-state index in [1.807, 2.05) is 36.6 Å². The minimum atomic E-state index is -0.326. The summed E-state index contributed by atoms with van der Waals surface area (Å²) in [4.78, 5) is 17.1. The molecule has 0 saturated carbocycles. The van der Waals surface area contributed by atoms with Gasteiger partial charge in [0.25, 0.3) is 5.91 Å². The summed E-state index contributed by atoms with van der Waals surface area (Å²) in [5.41, 5.74) is 4.15. The van der Waals surface area contributed by atoms with Gasteiger partial charge in [-0.3, -0.25) is 10.1 Å². The van der Waals surface area contributed by atoms with E-state index < -0.39 is 0 Å². The first kappa shape index (κ1) is 16.5. The van der Waals surface area contributed by atoms with Gasteiger partial charge in [0.15, 0.2) is 5.13 Å². The maximum Gasteiger partial charge on any atom is 0.274 e. The van der Waals surface area contributed by atoms with Crippen LogP contribution in [-0.2, 0) is 7.05 Å². The fourth-order valence-corrected chi connectivity index (χ4v) is 3.59. The zero-order valence-electron chi connectivity index (χ0n) is 14.3. The average molecular weight is 365 g/mol. The van der Waals surface area contributed by atoms with Crippen LogP contribution in [0.25, 0.3) is 22.2 Å². The van der Waals surface area contributed by atoms with Crippen LogP contribution in [0.2, 0.25) is 0 Å². The smallest absolute Gasteiger partial charge is 0.274 e. The molecule has 0 fully saturated rings. The minimum absolute atomic E-state index is 0.270. The average Bonchev–Trinajstić information content (AvgIpc) is 3.21. The summed E-state index contributed by atoms with van der Waals surface area (Å²) in [5.74, 6) is -0.595. The molecule has 2 aromatic heterocycles. The molecule has 0 spiro atoms. The summed E-state index contributed by atoms with van der Waals surface area (Å²) in [6.45, 7) is 2.03. The molecule has 130 valence electrons. The van der Waals surface area contributed by atoms with E-state index in [-0.39, 0.29) is 11.7 Å². The Hall–Kier alpha value is -2.99. The number of benzene rings is 2. The second-order valence-electron chi connectivity index (χ2n) is 6.15. The second-order valence-corrected chi connectivity index (χ2v) is 7.01. The van der Waals surface area contributed by atoms with Crippen LogP contribution in [0.4, 0.5) is 9.52 Å². The van der Waals surface area contributed by atoms with E-state index in [0.29, 0.717) is 16.3 Å². The lowest BCUT2D eigenvalue weighted by molar-refractivity contribution is 0.101. The Morgan fingerprint density at radius 2 is 1.92 bits per heavy atom. The summed E-state index contributed by atoms with van der Waals surface area (Å²) in [6, 6.07) is 14.3. The Labute approximate surface area is 153 Å². The lowest BCUT2D eigenvalue weighted by Gasteiger charge is -2.04. The number of hydrogen-bond donors (Lipinski definition) is 1. The molecule has 0 aliphatic carbocycles. The van der Waals surface area contributed by atoms with Crippen molar-refractivity contribution in [3.63, 3.8) is 0 Å². The molecule has 0 unspecified atom stereocenters. The van der Waals surface area contributed by atoms with Crippen LogP contribution in [0.3, 0.4) is 0 Å². The number of aryl methyl sites for hydroxylation is 2. The molecule has 0 atom stereocenters. The molecule has 0 radical (unpaired) electrons. The SMILES string of the molecule is Cc1ccc(-c2csc(NC(=O)c3cc4ccc(F)cc4n3C)n2)cc1. The lowest BCUT2D eigenvalue weighted by atomic mass is 10.1. The van der Waals surface area contributed by atoms with Crippen molar-refractivity contribution in [1.82, 2.24) is 9.55 Å². The minimum Gasteiger partial charge on any atom is -0.340 e. The van der Waals surface area contributed by atoms with E-state index in [9.17, 15) is 9.18 Å². The third-order valence-corrected chi connectivity index (χ3v) is 5.07. The Kier molecular flexibility index (Phi) is 4.05. The molecule has 4 rings (SSSR count). The van der Waals surface area contributed by atoms with Gasteiger partial charge in [0, 0.05) is 23.4 Å². The van der Waals surface area contributed by atoms with Crippen molar-refractivity contribution in [2.24, 2.45) is 7.05 Å². The molecule has 0 saturated heterocycles. The van der Waals surface area contributed by atoms with Crippen molar-refractivity contribution in [3.8, 4) is 11.3 Å². The van der Waals surface area contributed by atoms with Crippen LogP contribution in [0, 0.1) is 12.7 Å². The molecule has 6 heteroatoms. The maximum atomic E-state index is 13.4. The molecule has 26 heavy (non-hydrogen) atoms. The third kappa shape index (κ3) is 2.99. The monoisotopic (exact) mass is 365 g/mol. The first-order valence-corrected chi connectivity index (χ1v) is 8.98. The van der Waals surface area contributed by atoms with Gasteiger partial charge in [-0.2, -0.15) is 0 Å². The molecule has 4 nitrogen and oxygen atoms in total. The van der Waals surface area contributed by atoms with Crippen molar-refractivity contribution in [2.45, 2.75) is 6.92 Å². The zero-order valence-corrected chi connectivity index (χ0v) is 15.1. The molecular formula is C20H16FN3OS. The lowest BCUT2D eigenvalue weighted by Crippen LogP contribution is -2.15. The first-order chi connectivity index (χ1) is 12.5. The number of fused-ring (bicyclic) bond motifs is 1. The van der Waals surface area contributed by atoms with Crippen molar-refractivity contribution in [3.05, 3.63) is 71.0 Å². The van der Waals surface area contributed by atoms with Gasteiger partial charge in [-0.1, -0.05) is 29.8 Å². The molecule has 2 heterocycles. The van der Waals surface area contributed by atoms with E-state index in [0.717, 1.165) is 16.6 Å². The van der Waals surface area contributed by atoms with E-state index in [2.05, 4.69) is 10.3 Å². The number of hydrogen-bond acceptors (Lipinski definition) is 3. The fraction of sp³-hybridized carbons (Fsp3) is 0.100. The number of nitrogens with zero attached hydrogens (tertiary/aromatic N) is 2. The number of halogens is 1. The number of amides is 1. The van der Waals surface area contributed by atoms with Gasteiger partial charge >= 0.3 is 0 Å². The van der Waals surface area contributed by atoms with Crippen LogP contribution in [-0.4, -0.2) is 15.5 Å². The molecule has 2 aromatic carbocycles. The summed E-state index contributed by atoms with van der Waals surface area (Å²) in [5, 5.41) is 6.09. The molecular weight excluding hydrogens is 349 g/mol. The predicted octanol–water partition coefficient (Wildman–Crippen LogP) is 5.00. The van der Waals surface area contributed by atoms with E-state index in [1.54, 1.807) is 23.7 Å². The Morgan fingerprint density at radius 3 is 2.69 bits per heavy atom. The third-order valence-electron chi connectivity index (χ3n) is 4.31. The van der Waals surface area contributed by atoms with Crippen LogP contribution in [0.1, 0.15) is 16.1 Å². The van der Waals surface area contributed by atoms with Crippen molar-refractivity contribution >= 4 is 33.3 Å². The number of carbonyl (C=O) groups excluding carboxylic acids is 1. The Bertz CT molecular complexity index is 1110. The number of nitrogens with one attached hydrogen (secondary N) is 1. The van der Waals surface area contributed by atoms with Gasteiger partial charge in [0.05, 0.1) is 11.2 Å². The number of aromatic nitrogens is 2. The van der Waals surface area contributed by atoms with E-state index in [4.69, 9.17) is 0 Å². The summed E-state index contributed by atoms with van der Waals surface area (Å²) < 4.78 is 15.1. The molecule has 4 aromatic rings. The molecule has 0 aliphatic heterocycles. The van der Waals surface area contributed by atoms with Crippen molar-refractivity contribution in [2.75, 3.05) is 5.32 Å². The number of rotatable bonds is 3. The molecule has 1 N–H and O–H groups in total. The first-order valence-electron chi connectivity index (χ1n) is 8.10. The number of thiazole rings is 1. The van der Waals surface area contributed by atoms with Gasteiger partial charge < -0.3 is 4.57 Å². The molecule has 1 amide bonds. The standard InChI is InChI=1S/C20H16FN3OS/c1-12-3-5-13(6-4-12)16-11-26-20(22-16)23-19(25)18-9-14-7-8-15(21)10-17(14)24(18)2/h3-11H,1-2H3,(H,22,23,25).